The van der Waals surface area contributed by atoms with Crippen LogP contribution in [0, 0.1) is 11.8 Å². The Bertz CT molecular complexity index is 240. The first-order valence-electron chi connectivity index (χ1n) is 8.05. The molecule has 2 atom stereocenters. The van der Waals surface area contributed by atoms with Crippen molar-refractivity contribution < 1.29 is 5.11 Å². The molecule has 1 saturated carbocycles. The SMILES string of the molecule is CCCC[C@@](O)([C@@H](C)C1CCCCC1)[Si](C)(C)C. The van der Waals surface area contributed by atoms with Crippen LogP contribution in [0.2, 0.25) is 19.6 Å². The molecule has 0 aromatic carbocycles. The van der Waals surface area contributed by atoms with Crippen LogP contribution in [-0.4, -0.2) is 18.4 Å². The van der Waals surface area contributed by atoms with Crippen molar-refractivity contribution in [2.45, 2.75) is 90.1 Å². The third kappa shape index (κ3) is 3.60. The largest absolute Gasteiger partial charge is 0.393 e. The molecule has 0 aromatic heterocycles. The molecule has 0 unspecified atom stereocenters. The summed E-state index contributed by atoms with van der Waals surface area (Å²) in [6.07, 6.45) is 10.3. The van der Waals surface area contributed by atoms with Crippen LogP contribution in [0.3, 0.4) is 0 Å². The fourth-order valence-corrected chi connectivity index (χ4v) is 6.28. The quantitative estimate of drug-likeness (QED) is 0.673. The Kier molecular flexibility index (Phi) is 5.92. The van der Waals surface area contributed by atoms with Crippen LogP contribution in [0.25, 0.3) is 0 Å². The third-order valence-electron chi connectivity index (χ3n) is 5.32. The van der Waals surface area contributed by atoms with E-state index in [1.165, 1.54) is 44.9 Å². The lowest BCUT2D eigenvalue weighted by molar-refractivity contribution is 0.0115. The maximum absolute atomic E-state index is 11.4. The lowest BCUT2D eigenvalue weighted by Gasteiger charge is -2.47. The van der Waals surface area contributed by atoms with Crippen molar-refractivity contribution in [2.24, 2.45) is 11.8 Å². The van der Waals surface area contributed by atoms with Crippen LogP contribution in [0.4, 0.5) is 0 Å². The minimum Gasteiger partial charge on any atom is -0.393 e. The van der Waals surface area contributed by atoms with Gasteiger partial charge in [0.25, 0.3) is 0 Å². The number of rotatable bonds is 6. The topological polar surface area (TPSA) is 20.2 Å². The van der Waals surface area contributed by atoms with Crippen molar-refractivity contribution in [1.82, 2.24) is 0 Å². The van der Waals surface area contributed by atoms with Gasteiger partial charge in [-0.1, -0.05) is 78.4 Å². The molecule has 0 aromatic rings. The van der Waals surface area contributed by atoms with Gasteiger partial charge < -0.3 is 5.11 Å². The first-order valence-corrected chi connectivity index (χ1v) is 11.6. The van der Waals surface area contributed by atoms with E-state index in [-0.39, 0.29) is 5.22 Å². The first-order chi connectivity index (χ1) is 8.33. The summed E-state index contributed by atoms with van der Waals surface area (Å²) in [6, 6.07) is 0. The van der Waals surface area contributed by atoms with E-state index in [1.807, 2.05) is 0 Å². The Morgan fingerprint density at radius 3 is 2.17 bits per heavy atom. The molecule has 0 radical (unpaired) electrons. The van der Waals surface area contributed by atoms with Gasteiger partial charge in [0.05, 0.1) is 13.3 Å². The Labute approximate surface area is 115 Å². The zero-order valence-corrected chi connectivity index (χ0v) is 14.3. The lowest BCUT2D eigenvalue weighted by atomic mass is 9.77. The van der Waals surface area contributed by atoms with Gasteiger partial charge in [-0.2, -0.15) is 0 Å². The van der Waals surface area contributed by atoms with Crippen LogP contribution in [-0.2, 0) is 0 Å². The van der Waals surface area contributed by atoms with Crippen molar-refractivity contribution in [3.05, 3.63) is 0 Å². The predicted octanol–water partition coefficient (Wildman–Crippen LogP) is 5.00. The Morgan fingerprint density at radius 2 is 1.72 bits per heavy atom. The maximum Gasteiger partial charge on any atom is 0.0824 e. The molecule has 0 aliphatic heterocycles. The van der Waals surface area contributed by atoms with Gasteiger partial charge in [-0.3, -0.25) is 0 Å². The summed E-state index contributed by atoms with van der Waals surface area (Å²) in [7, 11) is -1.54. The molecular weight excluding hydrogens is 236 g/mol. The second kappa shape index (κ2) is 6.56. The summed E-state index contributed by atoms with van der Waals surface area (Å²) >= 11 is 0. The number of aliphatic hydroxyl groups is 1. The Morgan fingerprint density at radius 1 is 1.17 bits per heavy atom. The smallest absolute Gasteiger partial charge is 0.0824 e. The van der Waals surface area contributed by atoms with Gasteiger partial charge in [-0.25, -0.2) is 0 Å². The van der Waals surface area contributed by atoms with Crippen LogP contribution >= 0.6 is 0 Å². The fraction of sp³-hybridized carbons (Fsp3) is 1.00. The highest BCUT2D eigenvalue weighted by Crippen LogP contribution is 2.42. The first kappa shape index (κ1) is 16.2. The molecule has 1 fully saturated rings. The zero-order chi connectivity index (χ0) is 13.8. The molecule has 1 aliphatic carbocycles. The highest BCUT2D eigenvalue weighted by molar-refractivity contribution is 6.78. The van der Waals surface area contributed by atoms with Crippen molar-refractivity contribution in [3.8, 4) is 0 Å². The Balaban J connectivity index is 2.80. The predicted molar refractivity (Wildman–Crippen MR) is 83.6 cm³/mol. The monoisotopic (exact) mass is 270 g/mol. The fourth-order valence-electron chi connectivity index (χ4n) is 3.76. The van der Waals surface area contributed by atoms with Gasteiger partial charge >= 0.3 is 0 Å². The lowest BCUT2D eigenvalue weighted by Crippen LogP contribution is -2.58. The van der Waals surface area contributed by atoms with Crippen molar-refractivity contribution in [2.75, 3.05) is 0 Å². The Hall–Kier alpha value is 0.177. The molecule has 0 bridgehead atoms. The van der Waals surface area contributed by atoms with Crippen LogP contribution in [0.15, 0.2) is 0 Å². The van der Waals surface area contributed by atoms with E-state index < -0.39 is 8.07 Å². The van der Waals surface area contributed by atoms with E-state index >= 15 is 0 Å². The number of unbranched alkanes of at least 4 members (excludes halogenated alkanes) is 1. The molecule has 108 valence electrons. The van der Waals surface area contributed by atoms with E-state index in [0.29, 0.717) is 5.92 Å². The zero-order valence-electron chi connectivity index (χ0n) is 13.3. The van der Waals surface area contributed by atoms with E-state index in [2.05, 4.69) is 33.5 Å². The molecule has 18 heavy (non-hydrogen) atoms. The minimum atomic E-state index is -1.54. The molecule has 1 N–H and O–H groups in total. The molecule has 0 heterocycles. The van der Waals surface area contributed by atoms with Crippen LogP contribution < -0.4 is 0 Å². The van der Waals surface area contributed by atoms with Gasteiger partial charge in [0.2, 0.25) is 0 Å². The van der Waals surface area contributed by atoms with Gasteiger partial charge in [0.15, 0.2) is 0 Å². The van der Waals surface area contributed by atoms with E-state index in [9.17, 15) is 5.11 Å². The van der Waals surface area contributed by atoms with Crippen molar-refractivity contribution in [1.29, 1.82) is 0 Å². The van der Waals surface area contributed by atoms with E-state index in [1.54, 1.807) is 0 Å². The van der Waals surface area contributed by atoms with E-state index in [4.69, 9.17) is 0 Å². The average Bonchev–Trinajstić information content (AvgIpc) is 2.34. The second-order valence-electron chi connectivity index (χ2n) is 7.46. The molecule has 0 amide bonds. The molecule has 1 nitrogen and oxygen atoms in total. The van der Waals surface area contributed by atoms with Crippen LogP contribution in [0.5, 0.6) is 0 Å². The summed E-state index contributed by atoms with van der Waals surface area (Å²) in [5.41, 5.74) is 0. The maximum atomic E-state index is 11.4. The van der Waals surface area contributed by atoms with Gasteiger partial charge in [0, 0.05) is 0 Å². The summed E-state index contributed by atoms with van der Waals surface area (Å²) in [5, 5.41) is 11.0. The average molecular weight is 271 g/mol. The summed E-state index contributed by atoms with van der Waals surface area (Å²) in [4.78, 5) is 0. The van der Waals surface area contributed by atoms with Gasteiger partial charge in [-0.15, -0.1) is 0 Å². The molecule has 2 heteroatoms. The standard InChI is InChI=1S/C16H34OSi/c1-6-7-13-16(17,18(3,4)5)14(2)15-11-9-8-10-12-15/h14-15,17H,6-13H2,1-5H3/t14-,16-/m0/s1. The van der Waals surface area contributed by atoms with Gasteiger partial charge in [0.1, 0.15) is 0 Å². The molecule has 1 aliphatic rings. The minimum absolute atomic E-state index is 0.356. The molecular formula is C16H34OSi. The van der Waals surface area contributed by atoms with Gasteiger partial charge in [-0.05, 0) is 18.3 Å². The number of hydrogen-bond acceptors (Lipinski definition) is 1. The molecule has 1 rings (SSSR count). The summed E-state index contributed by atoms with van der Waals surface area (Å²) in [5.74, 6) is 1.27. The van der Waals surface area contributed by atoms with Crippen molar-refractivity contribution in [3.63, 3.8) is 0 Å². The number of hydrogen-bond donors (Lipinski definition) is 1. The molecule has 0 spiro atoms. The van der Waals surface area contributed by atoms with Crippen LogP contribution in [0.1, 0.15) is 65.2 Å². The molecule has 0 saturated heterocycles. The highest BCUT2D eigenvalue weighted by atomic mass is 28.3. The van der Waals surface area contributed by atoms with E-state index in [0.717, 1.165) is 12.3 Å². The normalized spacial score (nSPS) is 23.7. The summed E-state index contributed by atoms with van der Waals surface area (Å²) < 4.78 is 0. The third-order valence-corrected chi connectivity index (χ3v) is 8.62. The summed E-state index contributed by atoms with van der Waals surface area (Å²) in [6.45, 7) is 11.6. The highest BCUT2D eigenvalue weighted by Gasteiger charge is 2.47. The van der Waals surface area contributed by atoms with Crippen molar-refractivity contribution >= 4 is 8.07 Å². The second-order valence-corrected chi connectivity index (χ2v) is 12.8.